The fourth-order valence-corrected chi connectivity index (χ4v) is 2.39. The summed E-state index contributed by atoms with van der Waals surface area (Å²) in [7, 11) is 0. The molecule has 2 rings (SSSR count). The summed E-state index contributed by atoms with van der Waals surface area (Å²) in [5.74, 6) is -0.510. The first kappa shape index (κ1) is 18.6. The van der Waals surface area contributed by atoms with Gasteiger partial charge in [-0.3, -0.25) is 9.59 Å². The van der Waals surface area contributed by atoms with Crippen LogP contribution >= 0.6 is 38.5 Å². The minimum absolute atomic E-state index is 0.0773. The van der Waals surface area contributed by atoms with Gasteiger partial charge >= 0.3 is 0 Å². The summed E-state index contributed by atoms with van der Waals surface area (Å²) in [4.78, 5) is 23.5. The Hall–Kier alpha value is -1.74. The van der Waals surface area contributed by atoms with E-state index in [1.807, 2.05) is 48.5 Å². The normalized spacial score (nSPS) is 10.6. The minimum Gasteiger partial charge on any atom is -0.326 e. The lowest BCUT2D eigenvalue weighted by Gasteiger charge is -2.04. The number of carbonyl (C=O) groups is 2. The predicted octanol–water partition coefficient (Wildman–Crippen LogP) is 3.92. The van der Waals surface area contributed by atoms with Gasteiger partial charge in [0.15, 0.2) is 0 Å². The van der Waals surface area contributed by atoms with Crippen LogP contribution in [0.2, 0.25) is 0 Å². The van der Waals surface area contributed by atoms with Gasteiger partial charge in [-0.2, -0.15) is 5.10 Å². The third-order valence-electron chi connectivity index (χ3n) is 2.98. The van der Waals surface area contributed by atoms with Crippen molar-refractivity contribution in [2.24, 2.45) is 5.10 Å². The Morgan fingerprint density at radius 2 is 1.62 bits per heavy atom. The van der Waals surface area contributed by atoms with Gasteiger partial charge in [-0.25, -0.2) is 5.43 Å². The molecule has 0 unspecified atom stereocenters. The van der Waals surface area contributed by atoms with Crippen LogP contribution in [0.5, 0.6) is 0 Å². The van der Waals surface area contributed by atoms with Crippen LogP contribution in [0.25, 0.3) is 0 Å². The smallest absolute Gasteiger partial charge is 0.240 e. The van der Waals surface area contributed by atoms with Gasteiger partial charge in [0.2, 0.25) is 11.8 Å². The summed E-state index contributed by atoms with van der Waals surface area (Å²) in [6.45, 7) is 0. The maximum Gasteiger partial charge on any atom is 0.240 e. The van der Waals surface area contributed by atoms with Gasteiger partial charge < -0.3 is 5.32 Å². The molecule has 0 atom stereocenters. The summed E-state index contributed by atoms with van der Waals surface area (Å²) in [5.41, 5.74) is 4.00. The number of hydrogen-bond donors (Lipinski definition) is 2. The average molecular weight is 500 g/mol. The van der Waals surface area contributed by atoms with Crippen molar-refractivity contribution < 1.29 is 9.59 Å². The molecule has 24 heavy (non-hydrogen) atoms. The van der Waals surface area contributed by atoms with E-state index in [0.29, 0.717) is 5.69 Å². The number of carbonyl (C=O) groups excluding carboxylic acids is 2. The maximum atomic E-state index is 11.8. The molecule has 2 amide bonds. The molecule has 124 valence electrons. The van der Waals surface area contributed by atoms with Crippen molar-refractivity contribution in [2.75, 3.05) is 5.32 Å². The second-order valence-electron chi connectivity index (χ2n) is 4.90. The molecule has 0 radical (unpaired) electrons. The lowest BCUT2D eigenvalue weighted by atomic mass is 10.2. The van der Waals surface area contributed by atoms with Gasteiger partial charge in [-0.05, 0) is 64.6 Å². The second-order valence-corrected chi connectivity index (χ2v) is 7.06. The monoisotopic (exact) mass is 499 g/mol. The predicted molar refractivity (Wildman–Crippen MR) is 107 cm³/mol. The number of hydrogen-bond acceptors (Lipinski definition) is 3. The Morgan fingerprint density at radius 1 is 1.00 bits per heavy atom. The number of amides is 2. The van der Waals surface area contributed by atoms with Crippen molar-refractivity contribution in [3.8, 4) is 0 Å². The summed E-state index contributed by atoms with van der Waals surface area (Å²) < 4.78 is 2.07. The molecule has 0 aliphatic carbocycles. The van der Waals surface area contributed by atoms with E-state index in [2.05, 4.69) is 54.4 Å². The standard InChI is InChI=1S/C17H15BrIN3O2/c18-13-3-1-12(2-4-13)11-20-22-17(24)10-9-16(23)21-15-7-5-14(19)6-8-15/h1-8,11H,9-10H2,(H,21,23)(H,22,24)/b20-11+. The van der Waals surface area contributed by atoms with E-state index in [1.54, 1.807) is 6.21 Å². The van der Waals surface area contributed by atoms with Gasteiger partial charge in [0, 0.05) is 26.6 Å². The summed E-state index contributed by atoms with van der Waals surface area (Å²) in [6, 6.07) is 15.0. The number of hydrazone groups is 1. The SMILES string of the molecule is O=C(CCC(=O)Nc1ccc(I)cc1)N/N=C/c1ccc(Br)cc1. The highest BCUT2D eigenvalue weighted by Gasteiger charge is 2.06. The van der Waals surface area contributed by atoms with Crippen LogP contribution in [-0.2, 0) is 9.59 Å². The van der Waals surface area contributed by atoms with Crippen molar-refractivity contribution in [3.05, 3.63) is 62.1 Å². The van der Waals surface area contributed by atoms with Gasteiger partial charge in [-0.1, -0.05) is 28.1 Å². The van der Waals surface area contributed by atoms with E-state index in [9.17, 15) is 9.59 Å². The molecule has 0 saturated carbocycles. The summed E-state index contributed by atoms with van der Waals surface area (Å²) in [5, 5.41) is 6.62. The van der Waals surface area contributed by atoms with Gasteiger partial charge in [-0.15, -0.1) is 0 Å². The molecule has 0 spiro atoms. The molecule has 0 saturated heterocycles. The van der Waals surface area contributed by atoms with Crippen molar-refractivity contribution >= 4 is 62.2 Å². The quantitative estimate of drug-likeness (QED) is 0.359. The number of benzene rings is 2. The van der Waals surface area contributed by atoms with Gasteiger partial charge in [0.05, 0.1) is 6.21 Å². The van der Waals surface area contributed by atoms with Crippen LogP contribution in [0.1, 0.15) is 18.4 Å². The largest absolute Gasteiger partial charge is 0.326 e. The molecule has 2 aromatic carbocycles. The van der Waals surface area contributed by atoms with Crippen LogP contribution in [0.15, 0.2) is 58.1 Å². The molecule has 0 heterocycles. The molecule has 0 bridgehead atoms. The van der Waals surface area contributed by atoms with E-state index in [4.69, 9.17) is 0 Å². The van der Waals surface area contributed by atoms with Gasteiger partial charge in [0.1, 0.15) is 0 Å². The Kier molecular flexibility index (Phi) is 7.38. The van der Waals surface area contributed by atoms with Crippen molar-refractivity contribution in [3.63, 3.8) is 0 Å². The third kappa shape index (κ3) is 6.79. The number of nitrogens with zero attached hydrogens (tertiary/aromatic N) is 1. The van der Waals surface area contributed by atoms with Crippen molar-refractivity contribution in [2.45, 2.75) is 12.8 Å². The zero-order chi connectivity index (χ0) is 17.4. The van der Waals surface area contributed by atoms with Crippen LogP contribution in [0.4, 0.5) is 5.69 Å². The first-order valence-electron chi connectivity index (χ1n) is 7.16. The molecule has 2 aromatic rings. The van der Waals surface area contributed by atoms with Crippen LogP contribution in [0.3, 0.4) is 0 Å². The van der Waals surface area contributed by atoms with Crippen LogP contribution in [0, 0.1) is 3.57 Å². The average Bonchev–Trinajstić information content (AvgIpc) is 2.57. The van der Waals surface area contributed by atoms with Crippen molar-refractivity contribution in [1.29, 1.82) is 0 Å². The first-order chi connectivity index (χ1) is 11.5. The summed E-state index contributed by atoms with van der Waals surface area (Å²) in [6.07, 6.45) is 1.73. The molecule has 5 nitrogen and oxygen atoms in total. The van der Waals surface area contributed by atoms with E-state index in [0.717, 1.165) is 13.6 Å². The van der Waals surface area contributed by atoms with E-state index < -0.39 is 0 Å². The maximum absolute atomic E-state index is 11.8. The number of rotatable bonds is 6. The number of anilines is 1. The Bertz CT molecular complexity index is 731. The number of halogens is 2. The van der Waals surface area contributed by atoms with E-state index in [-0.39, 0.29) is 24.7 Å². The molecule has 2 N–H and O–H groups in total. The molecular weight excluding hydrogens is 485 g/mol. The van der Waals surface area contributed by atoms with Crippen molar-refractivity contribution in [1.82, 2.24) is 5.43 Å². The number of nitrogens with one attached hydrogen (secondary N) is 2. The fraction of sp³-hybridized carbons (Fsp3) is 0.118. The molecule has 0 aliphatic rings. The van der Waals surface area contributed by atoms with E-state index in [1.165, 1.54) is 0 Å². The zero-order valence-electron chi connectivity index (χ0n) is 12.6. The minimum atomic E-state index is -0.305. The van der Waals surface area contributed by atoms with Crippen LogP contribution < -0.4 is 10.7 Å². The molecule has 0 fully saturated rings. The zero-order valence-corrected chi connectivity index (χ0v) is 16.4. The van der Waals surface area contributed by atoms with Gasteiger partial charge in [0.25, 0.3) is 0 Å². The molecule has 0 aromatic heterocycles. The Balaban J connectivity index is 1.71. The third-order valence-corrected chi connectivity index (χ3v) is 4.23. The Labute approximate surface area is 162 Å². The lowest BCUT2D eigenvalue weighted by molar-refractivity contribution is -0.124. The van der Waals surface area contributed by atoms with E-state index >= 15 is 0 Å². The van der Waals surface area contributed by atoms with Crippen LogP contribution in [-0.4, -0.2) is 18.0 Å². The molecule has 7 heteroatoms. The highest BCUT2D eigenvalue weighted by molar-refractivity contribution is 14.1. The summed E-state index contributed by atoms with van der Waals surface area (Å²) >= 11 is 5.54. The highest BCUT2D eigenvalue weighted by atomic mass is 127. The molecular formula is C17H15BrIN3O2. The molecule has 0 aliphatic heterocycles. The fourth-order valence-electron chi connectivity index (χ4n) is 1.77. The lowest BCUT2D eigenvalue weighted by Crippen LogP contribution is -2.20. The Morgan fingerprint density at radius 3 is 2.29 bits per heavy atom. The topological polar surface area (TPSA) is 70.6 Å². The second kappa shape index (κ2) is 9.53. The first-order valence-corrected chi connectivity index (χ1v) is 9.03. The highest BCUT2D eigenvalue weighted by Crippen LogP contribution is 2.11.